The number of aromatic amines is 1. The van der Waals surface area contributed by atoms with E-state index in [1.54, 1.807) is 25.4 Å². The van der Waals surface area contributed by atoms with Gasteiger partial charge in [0.15, 0.2) is 5.65 Å². The van der Waals surface area contributed by atoms with Gasteiger partial charge >= 0.3 is 0 Å². The van der Waals surface area contributed by atoms with E-state index in [0.717, 1.165) is 5.56 Å². The largest absolute Gasteiger partial charge is 0.384 e. The number of nitrogens with two attached hydrogens (primary N) is 1. The molecule has 0 aliphatic heterocycles. The SMILES string of the molecule is Cn1[nH]c2ncc(-c3cc(N)ncc3Cl)cc2c1=O. The monoisotopic (exact) mass is 275 g/mol. The number of nitrogens with one attached hydrogen (secondary N) is 1. The van der Waals surface area contributed by atoms with Crippen molar-refractivity contribution >= 4 is 28.5 Å². The van der Waals surface area contributed by atoms with Crippen molar-refractivity contribution in [2.45, 2.75) is 0 Å². The molecule has 0 atom stereocenters. The van der Waals surface area contributed by atoms with Gasteiger partial charge in [0.25, 0.3) is 5.56 Å². The zero-order valence-electron chi connectivity index (χ0n) is 10.0. The fourth-order valence-electron chi connectivity index (χ4n) is 1.93. The Labute approximate surface area is 112 Å². The Bertz CT molecular complexity index is 836. The predicted octanol–water partition coefficient (Wildman–Crippen LogP) is 1.56. The number of hydrogen-bond donors (Lipinski definition) is 2. The van der Waals surface area contributed by atoms with Gasteiger partial charge in [0, 0.05) is 30.6 Å². The molecule has 3 heterocycles. The number of aromatic nitrogens is 4. The minimum Gasteiger partial charge on any atom is -0.384 e. The normalized spacial score (nSPS) is 11.1. The van der Waals surface area contributed by atoms with Crippen LogP contribution in [0, 0.1) is 0 Å². The summed E-state index contributed by atoms with van der Waals surface area (Å²) in [5, 5.41) is 3.82. The maximum Gasteiger partial charge on any atom is 0.275 e. The van der Waals surface area contributed by atoms with Crippen LogP contribution in [-0.4, -0.2) is 19.7 Å². The molecule has 0 amide bonds. The second kappa shape index (κ2) is 4.10. The van der Waals surface area contributed by atoms with Crippen LogP contribution in [0.15, 0.2) is 29.3 Å². The molecule has 7 heteroatoms. The van der Waals surface area contributed by atoms with Crippen molar-refractivity contribution in [3.63, 3.8) is 0 Å². The third-order valence-electron chi connectivity index (χ3n) is 2.88. The van der Waals surface area contributed by atoms with E-state index in [1.807, 2.05) is 0 Å². The Morgan fingerprint density at radius 2 is 2.11 bits per heavy atom. The molecule has 19 heavy (non-hydrogen) atoms. The molecule has 0 fully saturated rings. The van der Waals surface area contributed by atoms with Gasteiger partial charge in [-0.1, -0.05) is 11.6 Å². The molecule has 6 nitrogen and oxygen atoms in total. The van der Waals surface area contributed by atoms with Gasteiger partial charge < -0.3 is 5.73 Å². The molecule has 0 saturated carbocycles. The van der Waals surface area contributed by atoms with Gasteiger partial charge in [-0.25, -0.2) is 9.97 Å². The van der Waals surface area contributed by atoms with Crippen molar-refractivity contribution in [1.29, 1.82) is 0 Å². The van der Waals surface area contributed by atoms with Crippen LogP contribution in [0.1, 0.15) is 0 Å². The van der Waals surface area contributed by atoms with Crippen molar-refractivity contribution in [1.82, 2.24) is 19.7 Å². The highest BCUT2D eigenvalue weighted by atomic mass is 35.5. The Morgan fingerprint density at radius 1 is 1.32 bits per heavy atom. The number of halogens is 1. The summed E-state index contributed by atoms with van der Waals surface area (Å²) in [4.78, 5) is 20.0. The highest BCUT2D eigenvalue weighted by Crippen LogP contribution is 2.28. The van der Waals surface area contributed by atoms with E-state index in [0.29, 0.717) is 27.4 Å². The number of rotatable bonds is 1. The van der Waals surface area contributed by atoms with Gasteiger partial charge in [-0.05, 0) is 12.1 Å². The first kappa shape index (κ1) is 11.7. The maximum absolute atomic E-state index is 11.9. The van der Waals surface area contributed by atoms with Crippen LogP contribution in [0.5, 0.6) is 0 Å². The lowest BCUT2D eigenvalue weighted by Gasteiger charge is -2.04. The first-order valence-electron chi connectivity index (χ1n) is 5.52. The van der Waals surface area contributed by atoms with Crippen LogP contribution < -0.4 is 11.3 Å². The molecule has 0 bridgehead atoms. The molecule has 3 rings (SSSR count). The number of aryl methyl sites for hydroxylation is 1. The molecule has 0 saturated heterocycles. The van der Waals surface area contributed by atoms with E-state index in [2.05, 4.69) is 15.1 Å². The van der Waals surface area contributed by atoms with Crippen LogP contribution in [0.2, 0.25) is 5.02 Å². The van der Waals surface area contributed by atoms with E-state index in [9.17, 15) is 4.79 Å². The number of nitrogens with zero attached hydrogens (tertiary/aromatic N) is 3. The second-order valence-electron chi connectivity index (χ2n) is 4.19. The van der Waals surface area contributed by atoms with Crippen LogP contribution in [0.3, 0.4) is 0 Å². The highest BCUT2D eigenvalue weighted by molar-refractivity contribution is 6.33. The van der Waals surface area contributed by atoms with Gasteiger partial charge in [-0.15, -0.1) is 0 Å². The number of fused-ring (bicyclic) bond motifs is 1. The summed E-state index contributed by atoms with van der Waals surface area (Å²) in [6, 6.07) is 3.39. The standard InChI is InChI=1S/C12H10ClN5O/c1-18-12(19)8-2-6(4-16-11(8)17-18)7-3-10(14)15-5-9(7)13/h2-5H,1H3,(H2,14,15)(H,16,17). The number of nitrogen functional groups attached to an aromatic ring is 1. The fraction of sp³-hybridized carbons (Fsp3) is 0.0833. The molecule has 0 aliphatic carbocycles. The number of pyridine rings is 2. The molecule has 0 aliphatic rings. The third-order valence-corrected chi connectivity index (χ3v) is 3.19. The van der Waals surface area contributed by atoms with Gasteiger partial charge in [0.05, 0.1) is 10.4 Å². The van der Waals surface area contributed by atoms with Gasteiger partial charge in [0.1, 0.15) is 5.82 Å². The second-order valence-corrected chi connectivity index (χ2v) is 4.59. The Hall–Kier alpha value is -2.34. The van der Waals surface area contributed by atoms with E-state index >= 15 is 0 Å². The van der Waals surface area contributed by atoms with Crippen molar-refractivity contribution in [3.05, 3.63) is 39.9 Å². The van der Waals surface area contributed by atoms with Crippen molar-refractivity contribution in [2.24, 2.45) is 7.05 Å². The lowest BCUT2D eigenvalue weighted by molar-refractivity contribution is 0.748. The average Bonchev–Trinajstić information content (AvgIpc) is 2.68. The summed E-state index contributed by atoms with van der Waals surface area (Å²) in [7, 11) is 1.64. The van der Waals surface area contributed by atoms with E-state index in [4.69, 9.17) is 17.3 Å². The number of hydrogen-bond acceptors (Lipinski definition) is 4. The molecule has 0 spiro atoms. The summed E-state index contributed by atoms with van der Waals surface area (Å²) in [6.45, 7) is 0. The zero-order chi connectivity index (χ0) is 13.6. The number of anilines is 1. The van der Waals surface area contributed by atoms with Crippen LogP contribution >= 0.6 is 11.6 Å². The fourth-order valence-corrected chi connectivity index (χ4v) is 2.14. The molecular formula is C12H10ClN5O. The minimum absolute atomic E-state index is 0.137. The predicted molar refractivity (Wildman–Crippen MR) is 74.0 cm³/mol. The Kier molecular flexibility index (Phi) is 2.53. The molecular weight excluding hydrogens is 266 g/mol. The highest BCUT2D eigenvalue weighted by Gasteiger charge is 2.10. The summed E-state index contributed by atoms with van der Waals surface area (Å²) in [6.07, 6.45) is 3.12. The first-order valence-corrected chi connectivity index (χ1v) is 5.90. The quantitative estimate of drug-likeness (QED) is 0.705. The van der Waals surface area contributed by atoms with Crippen molar-refractivity contribution in [3.8, 4) is 11.1 Å². The molecule has 0 aromatic carbocycles. The lowest BCUT2D eigenvalue weighted by Crippen LogP contribution is -2.11. The van der Waals surface area contributed by atoms with Crippen LogP contribution in [-0.2, 0) is 7.05 Å². The molecule has 3 N–H and O–H groups in total. The first-order chi connectivity index (χ1) is 9.06. The summed E-state index contributed by atoms with van der Waals surface area (Å²) in [5.74, 6) is 0.362. The van der Waals surface area contributed by atoms with E-state index < -0.39 is 0 Å². The van der Waals surface area contributed by atoms with Gasteiger partial charge in [-0.2, -0.15) is 0 Å². The van der Waals surface area contributed by atoms with Crippen LogP contribution in [0.4, 0.5) is 5.82 Å². The molecule has 96 valence electrons. The molecule has 3 aromatic rings. The molecule has 0 unspecified atom stereocenters. The Morgan fingerprint density at radius 3 is 2.89 bits per heavy atom. The molecule has 0 radical (unpaired) electrons. The minimum atomic E-state index is -0.137. The summed E-state index contributed by atoms with van der Waals surface area (Å²) >= 11 is 6.09. The Balaban J connectivity index is 2.28. The van der Waals surface area contributed by atoms with Crippen LogP contribution in [0.25, 0.3) is 22.2 Å². The van der Waals surface area contributed by atoms with E-state index in [1.165, 1.54) is 10.9 Å². The van der Waals surface area contributed by atoms with Gasteiger partial charge in [-0.3, -0.25) is 14.6 Å². The third kappa shape index (κ3) is 1.86. The topological polar surface area (TPSA) is 89.6 Å². The van der Waals surface area contributed by atoms with Crippen molar-refractivity contribution < 1.29 is 0 Å². The van der Waals surface area contributed by atoms with Gasteiger partial charge in [0.2, 0.25) is 0 Å². The smallest absolute Gasteiger partial charge is 0.275 e. The maximum atomic E-state index is 11.9. The summed E-state index contributed by atoms with van der Waals surface area (Å²) in [5.41, 5.74) is 7.48. The summed E-state index contributed by atoms with van der Waals surface area (Å²) < 4.78 is 1.38. The van der Waals surface area contributed by atoms with Crippen molar-refractivity contribution in [2.75, 3.05) is 5.73 Å². The number of H-pyrrole nitrogens is 1. The zero-order valence-corrected chi connectivity index (χ0v) is 10.8. The average molecular weight is 276 g/mol. The molecule has 3 aromatic heterocycles. The lowest BCUT2D eigenvalue weighted by atomic mass is 10.1. The van der Waals surface area contributed by atoms with E-state index in [-0.39, 0.29) is 5.56 Å².